The van der Waals surface area contributed by atoms with Gasteiger partial charge in [-0.15, -0.1) is 5.10 Å². The second-order valence-electron chi connectivity index (χ2n) is 7.78. The second kappa shape index (κ2) is 7.58. The van der Waals surface area contributed by atoms with Crippen LogP contribution in [0.5, 0.6) is 0 Å². The smallest absolute Gasteiger partial charge is 0.315 e. The van der Waals surface area contributed by atoms with Gasteiger partial charge < -0.3 is 15.1 Å². The Hall–Kier alpha value is -3.60. The lowest BCUT2D eigenvalue weighted by molar-refractivity contribution is -0.136. The quantitative estimate of drug-likeness (QED) is 0.571. The van der Waals surface area contributed by atoms with Crippen LogP contribution in [0.4, 0.5) is 6.01 Å². The molecular weight excluding hydrogens is 404 g/mol. The SMILES string of the molecule is O=C1CCC(N2C(=O)c3cccc(CNc4nnc(C5CCNC5)o4)c3C2=O)C(=O)N1. The largest absolute Gasteiger partial charge is 0.408 e. The highest BCUT2D eigenvalue weighted by atomic mass is 16.4. The van der Waals surface area contributed by atoms with E-state index in [1.54, 1.807) is 18.2 Å². The van der Waals surface area contributed by atoms with Crippen molar-refractivity contribution in [2.75, 3.05) is 18.4 Å². The van der Waals surface area contributed by atoms with Gasteiger partial charge in [0.15, 0.2) is 0 Å². The van der Waals surface area contributed by atoms with E-state index in [0.29, 0.717) is 11.5 Å². The van der Waals surface area contributed by atoms with Crippen LogP contribution in [0.2, 0.25) is 0 Å². The third kappa shape index (κ3) is 3.36. The third-order valence-electron chi connectivity index (χ3n) is 5.83. The summed E-state index contributed by atoms with van der Waals surface area (Å²) in [4.78, 5) is 50.6. The minimum absolute atomic E-state index is 0.0776. The molecule has 1 aromatic heterocycles. The highest BCUT2D eigenvalue weighted by Gasteiger charge is 2.45. The predicted octanol–water partition coefficient (Wildman–Crippen LogP) is 0.160. The Kier molecular flexibility index (Phi) is 4.74. The van der Waals surface area contributed by atoms with E-state index in [0.717, 1.165) is 24.4 Å². The van der Waals surface area contributed by atoms with Crippen molar-refractivity contribution in [2.24, 2.45) is 0 Å². The summed E-state index contributed by atoms with van der Waals surface area (Å²) in [5, 5.41) is 16.5. The van der Waals surface area contributed by atoms with Gasteiger partial charge in [-0.2, -0.15) is 0 Å². The molecule has 2 aromatic rings. The van der Waals surface area contributed by atoms with Crippen molar-refractivity contribution in [1.82, 2.24) is 25.7 Å². The number of hydrogen-bond acceptors (Lipinski definition) is 9. The molecule has 3 aliphatic heterocycles. The van der Waals surface area contributed by atoms with Crippen molar-refractivity contribution in [2.45, 2.75) is 37.8 Å². The van der Waals surface area contributed by atoms with E-state index in [1.165, 1.54) is 0 Å². The molecule has 0 spiro atoms. The fourth-order valence-corrected chi connectivity index (χ4v) is 4.24. The number of imide groups is 2. The van der Waals surface area contributed by atoms with E-state index in [-0.39, 0.29) is 42.4 Å². The highest BCUT2D eigenvalue weighted by molar-refractivity contribution is 6.24. The number of nitrogens with zero attached hydrogens (tertiary/aromatic N) is 3. The first kappa shape index (κ1) is 19.4. The van der Waals surface area contributed by atoms with Gasteiger partial charge in [0.25, 0.3) is 11.8 Å². The summed E-state index contributed by atoms with van der Waals surface area (Å²) < 4.78 is 5.68. The fourth-order valence-electron chi connectivity index (χ4n) is 4.24. The van der Waals surface area contributed by atoms with Gasteiger partial charge in [-0.3, -0.25) is 29.4 Å². The first-order valence-electron chi connectivity index (χ1n) is 10.1. The van der Waals surface area contributed by atoms with E-state index >= 15 is 0 Å². The van der Waals surface area contributed by atoms with Gasteiger partial charge in [0.1, 0.15) is 6.04 Å². The molecule has 3 aliphatic rings. The standard InChI is InChI=1S/C20H20N6O5/c27-14-5-4-13(16(28)23-14)26-18(29)12-3-1-2-10(15(12)19(26)30)9-22-20-25-24-17(31-20)11-6-7-21-8-11/h1-3,11,13,21H,4-9H2,(H,22,25)(H,23,27,28). The number of carbonyl (C=O) groups is 4. The van der Waals surface area contributed by atoms with Crippen molar-refractivity contribution < 1.29 is 23.6 Å². The number of carbonyl (C=O) groups excluding carboxylic acids is 4. The molecule has 5 rings (SSSR count). The number of benzene rings is 1. The molecule has 0 radical (unpaired) electrons. The molecule has 2 unspecified atom stereocenters. The Balaban J connectivity index is 1.34. The lowest BCUT2D eigenvalue weighted by Crippen LogP contribution is -2.54. The Morgan fingerprint density at radius 2 is 2.00 bits per heavy atom. The van der Waals surface area contributed by atoms with Crippen molar-refractivity contribution in [1.29, 1.82) is 0 Å². The average molecular weight is 424 g/mol. The van der Waals surface area contributed by atoms with Crippen molar-refractivity contribution in [3.05, 3.63) is 40.8 Å². The maximum Gasteiger partial charge on any atom is 0.315 e. The molecule has 3 N–H and O–H groups in total. The summed E-state index contributed by atoms with van der Waals surface area (Å²) in [7, 11) is 0. The second-order valence-corrected chi connectivity index (χ2v) is 7.78. The van der Waals surface area contributed by atoms with E-state index in [1.807, 2.05) is 0 Å². The van der Waals surface area contributed by atoms with Crippen molar-refractivity contribution in [3.8, 4) is 0 Å². The van der Waals surface area contributed by atoms with Crippen LogP contribution in [0.1, 0.15) is 57.4 Å². The van der Waals surface area contributed by atoms with Gasteiger partial charge in [0.05, 0.1) is 17.0 Å². The highest BCUT2D eigenvalue weighted by Crippen LogP contribution is 2.30. The van der Waals surface area contributed by atoms with Gasteiger partial charge >= 0.3 is 6.01 Å². The lowest BCUT2D eigenvalue weighted by Gasteiger charge is -2.27. The average Bonchev–Trinajstić information content (AvgIpc) is 3.49. The summed E-state index contributed by atoms with van der Waals surface area (Å²) in [5.41, 5.74) is 1.05. The number of aromatic nitrogens is 2. The van der Waals surface area contributed by atoms with E-state index in [4.69, 9.17) is 4.42 Å². The number of nitrogens with one attached hydrogen (secondary N) is 3. The number of anilines is 1. The van der Waals surface area contributed by atoms with E-state index in [2.05, 4.69) is 26.1 Å². The van der Waals surface area contributed by atoms with Gasteiger partial charge in [0.2, 0.25) is 17.7 Å². The zero-order chi connectivity index (χ0) is 21.5. The summed E-state index contributed by atoms with van der Waals surface area (Å²) in [6, 6.07) is 4.20. The first-order valence-corrected chi connectivity index (χ1v) is 10.1. The number of rotatable bonds is 5. The van der Waals surface area contributed by atoms with Gasteiger partial charge in [-0.05, 0) is 31.0 Å². The lowest BCUT2D eigenvalue weighted by atomic mass is 10.0. The molecule has 0 bridgehead atoms. The minimum atomic E-state index is -0.996. The molecule has 1 aromatic carbocycles. The van der Waals surface area contributed by atoms with Crippen molar-refractivity contribution in [3.63, 3.8) is 0 Å². The maximum atomic E-state index is 13.1. The Bertz CT molecular complexity index is 1090. The number of hydrogen-bond donors (Lipinski definition) is 3. The van der Waals surface area contributed by atoms with E-state index < -0.39 is 29.7 Å². The molecule has 2 atom stereocenters. The predicted molar refractivity (Wildman–Crippen MR) is 105 cm³/mol. The van der Waals surface area contributed by atoms with Crippen LogP contribution in [-0.4, -0.2) is 57.9 Å². The fraction of sp³-hybridized carbons (Fsp3) is 0.400. The van der Waals surface area contributed by atoms with Gasteiger partial charge in [-0.1, -0.05) is 17.2 Å². The normalized spacial score (nSPS) is 23.3. The molecule has 4 heterocycles. The van der Waals surface area contributed by atoms with E-state index in [9.17, 15) is 19.2 Å². The Labute approximate surface area is 176 Å². The van der Waals surface area contributed by atoms with Gasteiger partial charge in [0, 0.05) is 19.5 Å². The zero-order valence-corrected chi connectivity index (χ0v) is 16.5. The Morgan fingerprint density at radius 3 is 2.77 bits per heavy atom. The molecular formula is C20H20N6O5. The molecule has 11 heteroatoms. The molecule has 11 nitrogen and oxygen atoms in total. The molecule has 31 heavy (non-hydrogen) atoms. The van der Waals surface area contributed by atoms with Gasteiger partial charge in [-0.25, -0.2) is 0 Å². The molecule has 160 valence electrons. The van der Waals surface area contributed by atoms with Crippen LogP contribution in [0.15, 0.2) is 22.6 Å². The monoisotopic (exact) mass is 424 g/mol. The maximum absolute atomic E-state index is 13.1. The van der Waals surface area contributed by atoms with Crippen LogP contribution in [0.3, 0.4) is 0 Å². The number of fused-ring (bicyclic) bond motifs is 1. The van der Waals surface area contributed by atoms with Crippen LogP contribution < -0.4 is 16.0 Å². The number of amides is 4. The third-order valence-corrected chi connectivity index (χ3v) is 5.83. The molecule has 4 amide bonds. The molecule has 2 fully saturated rings. The number of piperidine rings is 1. The summed E-state index contributed by atoms with van der Waals surface area (Å²) in [5.74, 6) is -1.38. The molecule has 0 aliphatic carbocycles. The summed E-state index contributed by atoms with van der Waals surface area (Å²) >= 11 is 0. The molecule has 0 saturated carbocycles. The van der Waals surface area contributed by atoms with Crippen molar-refractivity contribution >= 4 is 29.6 Å². The summed E-state index contributed by atoms with van der Waals surface area (Å²) in [6.45, 7) is 1.89. The molecule has 2 saturated heterocycles. The minimum Gasteiger partial charge on any atom is -0.408 e. The Morgan fingerprint density at radius 1 is 1.13 bits per heavy atom. The summed E-state index contributed by atoms with van der Waals surface area (Å²) in [6.07, 6.45) is 1.12. The first-order chi connectivity index (χ1) is 15.0. The van der Waals surface area contributed by atoms with Crippen LogP contribution in [0, 0.1) is 0 Å². The zero-order valence-electron chi connectivity index (χ0n) is 16.5. The topological polar surface area (TPSA) is 147 Å². The van der Waals surface area contributed by atoms with Crippen LogP contribution in [-0.2, 0) is 16.1 Å². The van der Waals surface area contributed by atoms with Crippen LogP contribution in [0.25, 0.3) is 0 Å². The van der Waals surface area contributed by atoms with Crippen LogP contribution >= 0.6 is 0 Å².